The van der Waals surface area contributed by atoms with E-state index < -0.39 is 6.16 Å². The molecule has 0 aliphatic rings. The van der Waals surface area contributed by atoms with Crippen LogP contribution < -0.4 is 10.1 Å². The van der Waals surface area contributed by atoms with Crippen LogP contribution in [0.3, 0.4) is 0 Å². The van der Waals surface area contributed by atoms with Crippen molar-refractivity contribution in [3.63, 3.8) is 0 Å². The molecule has 10 heteroatoms. The molecule has 0 atom stereocenters. The number of halogens is 2. The summed E-state index contributed by atoms with van der Waals surface area (Å²) in [5, 5.41) is 8.26. The van der Waals surface area contributed by atoms with Crippen LogP contribution in [0.4, 0.5) is 10.6 Å². The maximum absolute atomic E-state index is 11.6. The maximum Gasteiger partial charge on any atom is 0.515 e. The van der Waals surface area contributed by atoms with Crippen molar-refractivity contribution in [2.24, 2.45) is 0 Å². The zero-order chi connectivity index (χ0) is 21.8. The highest BCUT2D eigenvalue weighted by Crippen LogP contribution is 2.37. The van der Waals surface area contributed by atoms with E-state index in [-0.39, 0.29) is 29.6 Å². The lowest BCUT2D eigenvalue weighted by molar-refractivity contribution is 0.102. The third-order valence-corrected chi connectivity index (χ3v) is 4.53. The lowest BCUT2D eigenvalue weighted by Crippen LogP contribution is -2.15. The van der Waals surface area contributed by atoms with Gasteiger partial charge >= 0.3 is 6.16 Å². The molecule has 0 radical (unpaired) electrons. The molecule has 0 aliphatic carbocycles. The molecule has 0 aliphatic heterocycles. The Morgan fingerprint density at radius 1 is 1.23 bits per heavy atom. The number of benzene rings is 1. The van der Waals surface area contributed by atoms with E-state index in [2.05, 4.69) is 20.4 Å². The number of nitrogens with zero attached hydrogens (tertiary/aromatic N) is 4. The van der Waals surface area contributed by atoms with Gasteiger partial charge in [-0.1, -0.05) is 41.4 Å². The molecule has 2 aromatic heterocycles. The molecule has 2 heterocycles. The predicted octanol–water partition coefficient (Wildman–Crippen LogP) is 5.30. The van der Waals surface area contributed by atoms with Gasteiger partial charge in [0.15, 0.2) is 0 Å². The first-order valence-corrected chi connectivity index (χ1v) is 10.1. The van der Waals surface area contributed by atoms with Crippen LogP contribution in [0.5, 0.6) is 5.88 Å². The highest BCUT2D eigenvalue weighted by molar-refractivity contribution is 6.36. The number of rotatable bonds is 6. The second-order valence-corrected chi connectivity index (χ2v) is 7.40. The molecular formula is C20H21Cl2N5O3. The molecule has 0 saturated carbocycles. The van der Waals surface area contributed by atoms with Crippen LogP contribution in [0.1, 0.15) is 26.5 Å². The number of carbonyl (C=O) groups is 1. The highest BCUT2D eigenvalue weighted by atomic mass is 35.5. The Morgan fingerprint density at radius 2 is 1.97 bits per heavy atom. The average molecular weight is 450 g/mol. The van der Waals surface area contributed by atoms with Crippen molar-refractivity contribution < 1.29 is 14.3 Å². The monoisotopic (exact) mass is 449 g/mol. The molecule has 1 N–H and O–H groups in total. The molecule has 0 saturated heterocycles. The summed E-state index contributed by atoms with van der Waals surface area (Å²) in [5.41, 5.74) is 1.95. The first kappa shape index (κ1) is 21.9. The normalized spacial score (nSPS) is 10.9. The minimum absolute atomic E-state index is 0.0687. The number of carbonyl (C=O) groups excluding carboxylic acids is 1. The van der Waals surface area contributed by atoms with Gasteiger partial charge in [0.2, 0.25) is 5.88 Å². The molecule has 8 nitrogen and oxygen atoms in total. The fourth-order valence-corrected chi connectivity index (χ4v) is 3.23. The Balaban J connectivity index is 2.07. The van der Waals surface area contributed by atoms with Gasteiger partial charge in [-0.15, -0.1) is 5.10 Å². The van der Waals surface area contributed by atoms with Crippen molar-refractivity contribution in [2.45, 2.75) is 33.7 Å². The minimum Gasteiger partial charge on any atom is -0.434 e. The summed E-state index contributed by atoms with van der Waals surface area (Å²) in [5.74, 6) is 0.797. The summed E-state index contributed by atoms with van der Waals surface area (Å²) in [7, 11) is 0. The van der Waals surface area contributed by atoms with E-state index in [4.69, 9.17) is 32.7 Å². The third kappa shape index (κ3) is 4.83. The van der Waals surface area contributed by atoms with E-state index in [0.717, 1.165) is 0 Å². The summed E-state index contributed by atoms with van der Waals surface area (Å²) >= 11 is 12.9. The first-order valence-electron chi connectivity index (χ1n) is 9.30. The lowest BCUT2D eigenvalue weighted by atomic mass is 10.1. The van der Waals surface area contributed by atoms with Gasteiger partial charge in [0.25, 0.3) is 5.95 Å². The number of anilines is 1. The molecule has 1 aromatic carbocycles. The number of ether oxygens (including phenoxy) is 2. The van der Waals surface area contributed by atoms with Crippen LogP contribution in [0.15, 0.2) is 30.3 Å². The number of hydrogen-bond acceptors (Lipinski definition) is 7. The molecule has 3 rings (SSSR count). The molecule has 30 heavy (non-hydrogen) atoms. The summed E-state index contributed by atoms with van der Waals surface area (Å²) in [6.07, 6.45) is -0.836. The smallest absolute Gasteiger partial charge is 0.434 e. The van der Waals surface area contributed by atoms with Crippen molar-refractivity contribution >= 4 is 35.2 Å². The maximum atomic E-state index is 11.6. The number of nitrogens with one attached hydrogen (secondary N) is 1. The van der Waals surface area contributed by atoms with Crippen LogP contribution in [0.2, 0.25) is 10.2 Å². The molecule has 3 aromatic rings. The largest absolute Gasteiger partial charge is 0.515 e. The third-order valence-electron chi connectivity index (χ3n) is 3.93. The van der Waals surface area contributed by atoms with Gasteiger partial charge in [-0.3, -0.25) is 0 Å². The number of aromatic nitrogens is 4. The lowest BCUT2D eigenvalue weighted by Gasteiger charge is -2.17. The van der Waals surface area contributed by atoms with E-state index in [0.29, 0.717) is 27.7 Å². The summed E-state index contributed by atoms with van der Waals surface area (Å²) < 4.78 is 11.3. The average Bonchev–Trinajstić information content (AvgIpc) is 3.02. The van der Waals surface area contributed by atoms with Crippen LogP contribution in [-0.2, 0) is 4.74 Å². The van der Waals surface area contributed by atoms with E-state index in [1.54, 1.807) is 26.0 Å². The Bertz CT molecular complexity index is 1070. The summed E-state index contributed by atoms with van der Waals surface area (Å²) in [4.78, 5) is 20.6. The van der Waals surface area contributed by atoms with Crippen LogP contribution in [0.25, 0.3) is 17.1 Å². The van der Waals surface area contributed by atoms with E-state index in [1.807, 2.05) is 32.0 Å². The van der Waals surface area contributed by atoms with Crippen molar-refractivity contribution in [1.29, 1.82) is 0 Å². The van der Waals surface area contributed by atoms with Gasteiger partial charge in [0.05, 0.1) is 12.2 Å². The Morgan fingerprint density at radius 3 is 2.63 bits per heavy atom. The fraction of sp³-hybridized carbons (Fsp3) is 0.300. The van der Waals surface area contributed by atoms with Gasteiger partial charge in [0.1, 0.15) is 11.0 Å². The van der Waals surface area contributed by atoms with Crippen molar-refractivity contribution in [1.82, 2.24) is 19.7 Å². The van der Waals surface area contributed by atoms with Gasteiger partial charge in [-0.2, -0.15) is 14.6 Å². The molecule has 0 amide bonds. The predicted molar refractivity (Wildman–Crippen MR) is 116 cm³/mol. The van der Waals surface area contributed by atoms with E-state index in [9.17, 15) is 4.79 Å². The van der Waals surface area contributed by atoms with Crippen molar-refractivity contribution in [3.05, 3.63) is 46.2 Å². The van der Waals surface area contributed by atoms with Gasteiger partial charge < -0.3 is 14.8 Å². The number of hydrogen-bond donors (Lipinski definition) is 1. The molecule has 0 bridgehead atoms. The van der Waals surface area contributed by atoms with Crippen molar-refractivity contribution in [2.75, 3.05) is 11.9 Å². The second-order valence-electron chi connectivity index (χ2n) is 6.64. The molecular weight excluding hydrogens is 429 g/mol. The topological polar surface area (TPSA) is 91.2 Å². The SMILES string of the molecule is CCOC(=O)Oc1cc(C)n(-c2nc(Cl)c(-c3ccccc3Cl)c(NC(C)C)n2)n1. The van der Waals surface area contributed by atoms with Gasteiger partial charge in [-0.25, -0.2) is 4.79 Å². The van der Waals surface area contributed by atoms with Gasteiger partial charge in [-0.05, 0) is 33.8 Å². The zero-order valence-electron chi connectivity index (χ0n) is 16.9. The Kier molecular flexibility index (Phi) is 6.79. The molecule has 0 spiro atoms. The van der Waals surface area contributed by atoms with E-state index >= 15 is 0 Å². The Hall–Kier alpha value is -2.84. The molecule has 0 unspecified atom stereocenters. The van der Waals surface area contributed by atoms with Gasteiger partial charge in [0, 0.05) is 28.4 Å². The van der Waals surface area contributed by atoms with E-state index in [1.165, 1.54) is 4.68 Å². The first-order chi connectivity index (χ1) is 14.3. The van der Waals surface area contributed by atoms with Crippen molar-refractivity contribution in [3.8, 4) is 23.0 Å². The summed E-state index contributed by atoms with van der Waals surface area (Å²) in [6, 6.07) is 8.97. The van der Waals surface area contributed by atoms with Crippen LogP contribution >= 0.6 is 23.2 Å². The minimum atomic E-state index is -0.836. The fourth-order valence-electron chi connectivity index (χ4n) is 2.73. The quantitative estimate of drug-likeness (QED) is 0.403. The van der Waals surface area contributed by atoms with Crippen LogP contribution in [0, 0.1) is 6.92 Å². The van der Waals surface area contributed by atoms with Crippen LogP contribution in [-0.4, -0.2) is 38.6 Å². The zero-order valence-corrected chi connectivity index (χ0v) is 18.5. The standard InChI is InChI=1S/C20H21Cl2N5O3/c1-5-29-20(28)30-15-10-12(4)27(26-15)19-24-17(22)16(18(25-19)23-11(2)3)13-8-6-7-9-14(13)21/h6-11H,5H2,1-4H3,(H,23,24,25). The summed E-state index contributed by atoms with van der Waals surface area (Å²) in [6.45, 7) is 7.63. The molecule has 158 valence electrons. The molecule has 0 fully saturated rings. The Labute approximate surface area is 184 Å². The number of aryl methyl sites for hydroxylation is 1. The second kappa shape index (κ2) is 9.32. The highest BCUT2D eigenvalue weighted by Gasteiger charge is 2.21.